The molecule has 1 aliphatic heterocycles. The SMILES string of the molecule is CC(Cc1ccccn1)NS(=O)(=O)c1cc2c(cc1Cl)OCCO2. The van der Waals surface area contributed by atoms with Gasteiger partial charge in [-0.25, -0.2) is 13.1 Å². The molecule has 0 spiro atoms. The lowest BCUT2D eigenvalue weighted by Crippen LogP contribution is -2.34. The summed E-state index contributed by atoms with van der Waals surface area (Å²) in [6.45, 7) is 2.56. The van der Waals surface area contributed by atoms with Crippen molar-refractivity contribution in [3.8, 4) is 11.5 Å². The maximum Gasteiger partial charge on any atom is 0.242 e. The number of nitrogens with one attached hydrogen (secondary N) is 1. The van der Waals surface area contributed by atoms with E-state index in [9.17, 15) is 8.42 Å². The summed E-state index contributed by atoms with van der Waals surface area (Å²) < 4.78 is 38.7. The largest absolute Gasteiger partial charge is 0.486 e. The summed E-state index contributed by atoms with van der Waals surface area (Å²) in [6.07, 6.45) is 2.15. The monoisotopic (exact) mass is 368 g/mol. The second kappa shape index (κ2) is 6.96. The minimum Gasteiger partial charge on any atom is -0.486 e. The van der Waals surface area contributed by atoms with Crippen LogP contribution in [-0.2, 0) is 16.4 Å². The number of pyridine rings is 1. The Morgan fingerprint density at radius 3 is 2.62 bits per heavy atom. The summed E-state index contributed by atoms with van der Waals surface area (Å²) in [7, 11) is -3.79. The molecule has 2 heterocycles. The smallest absolute Gasteiger partial charge is 0.242 e. The van der Waals surface area contributed by atoms with Gasteiger partial charge in [-0.2, -0.15) is 0 Å². The van der Waals surface area contributed by atoms with Gasteiger partial charge in [0.25, 0.3) is 0 Å². The molecule has 128 valence electrons. The number of ether oxygens (including phenoxy) is 2. The van der Waals surface area contributed by atoms with Crippen molar-refractivity contribution in [3.05, 3.63) is 47.2 Å². The maximum atomic E-state index is 12.6. The van der Waals surface area contributed by atoms with Crippen molar-refractivity contribution in [2.45, 2.75) is 24.3 Å². The molecule has 2 aromatic rings. The molecular weight excluding hydrogens is 352 g/mol. The first-order valence-corrected chi connectivity index (χ1v) is 9.33. The molecule has 1 atom stereocenters. The molecule has 0 saturated heterocycles. The molecule has 3 rings (SSSR count). The quantitative estimate of drug-likeness (QED) is 0.876. The summed E-state index contributed by atoms with van der Waals surface area (Å²) in [5, 5.41) is 0.0942. The summed E-state index contributed by atoms with van der Waals surface area (Å²) in [5.41, 5.74) is 0.806. The van der Waals surface area contributed by atoms with Crippen molar-refractivity contribution < 1.29 is 17.9 Å². The number of benzene rings is 1. The Kier molecular flexibility index (Phi) is 4.93. The minimum atomic E-state index is -3.79. The van der Waals surface area contributed by atoms with E-state index < -0.39 is 10.0 Å². The second-order valence-electron chi connectivity index (χ2n) is 5.47. The lowest BCUT2D eigenvalue weighted by molar-refractivity contribution is 0.171. The number of aromatic nitrogens is 1. The van der Waals surface area contributed by atoms with E-state index in [1.807, 2.05) is 18.2 Å². The van der Waals surface area contributed by atoms with E-state index in [-0.39, 0.29) is 16.0 Å². The van der Waals surface area contributed by atoms with Gasteiger partial charge in [-0.05, 0) is 19.1 Å². The standard InChI is InChI=1S/C16H17ClN2O4S/c1-11(8-12-4-2-3-5-18-12)19-24(20,21)16-10-15-14(9-13(16)17)22-6-7-23-15/h2-5,9-11,19H,6-8H2,1H3. The highest BCUT2D eigenvalue weighted by Crippen LogP contribution is 2.37. The highest BCUT2D eigenvalue weighted by Gasteiger charge is 2.25. The molecule has 0 amide bonds. The van der Waals surface area contributed by atoms with E-state index >= 15 is 0 Å². The number of fused-ring (bicyclic) bond motifs is 1. The van der Waals surface area contributed by atoms with Gasteiger partial charge in [0, 0.05) is 36.5 Å². The Morgan fingerprint density at radius 2 is 1.96 bits per heavy atom. The van der Waals surface area contributed by atoms with Gasteiger partial charge in [0.1, 0.15) is 18.1 Å². The molecule has 1 aliphatic rings. The van der Waals surface area contributed by atoms with Crippen LogP contribution in [0.3, 0.4) is 0 Å². The Balaban J connectivity index is 1.80. The van der Waals surface area contributed by atoms with Crippen LogP contribution < -0.4 is 14.2 Å². The molecule has 1 unspecified atom stereocenters. The first-order chi connectivity index (χ1) is 11.5. The van der Waals surface area contributed by atoms with Gasteiger partial charge < -0.3 is 9.47 Å². The van der Waals surface area contributed by atoms with E-state index in [0.29, 0.717) is 31.1 Å². The van der Waals surface area contributed by atoms with Crippen LogP contribution in [0, 0.1) is 0 Å². The number of halogens is 1. The van der Waals surface area contributed by atoms with Gasteiger partial charge in [0.15, 0.2) is 11.5 Å². The third kappa shape index (κ3) is 3.80. The van der Waals surface area contributed by atoms with Crippen molar-refractivity contribution >= 4 is 21.6 Å². The van der Waals surface area contributed by atoms with Crippen molar-refractivity contribution in [3.63, 3.8) is 0 Å². The zero-order chi connectivity index (χ0) is 17.2. The van der Waals surface area contributed by atoms with Gasteiger partial charge in [-0.1, -0.05) is 17.7 Å². The fourth-order valence-electron chi connectivity index (χ4n) is 2.45. The minimum absolute atomic E-state index is 0.0266. The lowest BCUT2D eigenvalue weighted by Gasteiger charge is -2.20. The molecule has 1 aromatic heterocycles. The van der Waals surface area contributed by atoms with Gasteiger partial charge in [0.2, 0.25) is 10.0 Å². The number of nitrogens with zero attached hydrogens (tertiary/aromatic N) is 1. The van der Waals surface area contributed by atoms with E-state index in [2.05, 4.69) is 9.71 Å². The predicted molar refractivity (Wildman–Crippen MR) is 90.2 cm³/mol. The first-order valence-electron chi connectivity index (χ1n) is 7.47. The summed E-state index contributed by atoms with van der Waals surface area (Å²) in [5.74, 6) is 0.829. The number of rotatable bonds is 5. The summed E-state index contributed by atoms with van der Waals surface area (Å²) >= 11 is 6.12. The third-order valence-corrected chi connectivity index (χ3v) is 5.54. The van der Waals surface area contributed by atoms with Gasteiger partial charge in [-0.3, -0.25) is 4.98 Å². The van der Waals surface area contributed by atoms with Gasteiger partial charge in [-0.15, -0.1) is 0 Å². The molecule has 0 fully saturated rings. The van der Waals surface area contributed by atoms with Crippen LogP contribution in [0.4, 0.5) is 0 Å². The zero-order valence-electron chi connectivity index (χ0n) is 13.0. The van der Waals surface area contributed by atoms with Gasteiger partial charge >= 0.3 is 0 Å². The highest BCUT2D eigenvalue weighted by molar-refractivity contribution is 7.89. The van der Waals surface area contributed by atoms with E-state index in [1.54, 1.807) is 13.1 Å². The number of sulfonamides is 1. The van der Waals surface area contributed by atoms with E-state index in [0.717, 1.165) is 5.69 Å². The van der Waals surface area contributed by atoms with Crippen LogP contribution in [0.5, 0.6) is 11.5 Å². The molecule has 6 nitrogen and oxygen atoms in total. The van der Waals surface area contributed by atoms with Crippen LogP contribution in [-0.4, -0.2) is 32.7 Å². The number of hydrogen-bond donors (Lipinski definition) is 1. The highest BCUT2D eigenvalue weighted by atomic mass is 35.5. The normalized spacial score (nSPS) is 15.1. The van der Waals surface area contributed by atoms with Crippen LogP contribution in [0.15, 0.2) is 41.4 Å². The van der Waals surface area contributed by atoms with Crippen molar-refractivity contribution in [2.24, 2.45) is 0 Å². The molecular formula is C16H17ClN2O4S. The van der Waals surface area contributed by atoms with E-state index in [4.69, 9.17) is 21.1 Å². The Morgan fingerprint density at radius 1 is 1.25 bits per heavy atom. The summed E-state index contributed by atoms with van der Waals surface area (Å²) in [4.78, 5) is 4.17. The molecule has 0 saturated carbocycles. The predicted octanol–water partition coefficient (Wildman–Crippen LogP) is 2.42. The van der Waals surface area contributed by atoms with Crippen molar-refractivity contribution in [1.29, 1.82) is 0 Å². The van der Waals surface area contributed by atoms with Gasteiger partial charge in [0.05, 0.1) is 5.02 Å². The second-order valence-corrected chi connectivity index (χ2v) is 7.56. The van der Waals surface area contributed by atoms with Crippen molar-refractivity contribution in [2.75, 3.05) is 13.2 Å². The first kappa shape index (κ1) is 17.0. The molecule has 0 aliphatic carbocycles. The van der Waals surface area contributed by atoms with E-state index in [1.165, 1.54) is 12.1 Å². The van der Waals surface area contributed by atoms with Crippen LogP contribution in [0.25, 0.3) is 0 Å². The van der Waals surface area contributed by atoms with Crippen LogP contribution >= 0.6 is 11.6 Å². The zero-order valence-corrected chi connectivity index (χ0v) is 14.6. The fraction of sp³-hybridized carbons (Fsp3) is 0.312. The Labute approximate surface area is 145 Å². The molecule has 24 heavy (non-hydrogen) atoms. The topological polar surface area (TPSA) is 77.5 Å². The average molecular weight is 369 g/mol. The van der Waals surface area contributed by atoms with Crippen LogP contribution in [0.1, 0.15) is 12.6 Å². The number of hydrogen-bond acceptors (Lipinski definition) is 5. The third-order valence-electron chi connectivity index (χ3n) is 3.48. The molecule has 0 radical (unpaired) electrons. The Hall–Kier alpha value is -1.83. The van der Waals surface area contributed by atoms with Crippen LogP contribution in [0.2, 0.25) is 5.02 Å². The van der Waals surface area contributed by atoms with Crippen molar-refractivity contribution in [1.82, 2.24) is 9.71 Å². The molecule has 0 bridgehead atoms. The fourth-order valence-corrected chi connectivity index (χ4v) is 4.23. The average Bonchev–Trinajstić information content (AvgIpc) is 2.54. The summed E-state index contributed by atoms with van der Waals surface area (Å²) in [6, 6.07) is 8.05. The molecule has 8 heteroatoms. The molecule has 1 aromatic carbocycles. The Bertz CT molecular complexity index is 827. The maximum absolute atomic E-state index is 12.6. The lowest BCUT2D eigenvalue weighted by atomic mass is 10.2. The molecule has 1 N–H and O–H groups in total.